The molecule has 0 aromatic heterocycles. The van der Waals surface area contributed by atoms with Crippen LogP contribution in [0.25, 0.3) is 0 Å². The second-order valence-electron chi connectivity index (χ2n) is 19.2. The van der Waals surface area contributed by atoms with Crippen molar-refractivity contribution in [3.05, 3.63) is 85.1 Å². The highest BCUT2D eigenvalue weighted by Crippen LogP contribution is 2.15. The van der Waals surface area contributed by atoms with Gasteiger partial charge in [0.25, 0.3) is 0 Å². The molecule has 1 unspecified atom stereocenters. The molecule has 0 radical (unpaired) electrons. The van der Waals surface area contributed by atoms with Gasteiger partial charge in [-0.15, -0.1) is 0 Å². The van der Waals surface area contributed by atoms with Gasteiger partial charge in [0.1, 0.15) is 13.2 Å². The molecule has 0 rings (SSSR count). The Kier molecular flexibility index (Phi) is 54.3. The van der Waals surface area contributed by atoms with E-state index in [-0.39, 0.29) is 31.1 Å². The van der Waals surface area contributed by atoms with Crippen molar-refractivity contribution in [3.8, 4) is 0 Å². The molecule has 6 heteroatoms. The number of carbonyl (C=O) groups is 3. The van der Waals surface area contributed by atoms with E-state index in [9.17, 15) is 14.4 Å². The monoisotopic (exact) mass is 961 g/mol. The van der Waals surface area contributed by atoms with E-state index in [1.165, 1.54) is 122 Å². The van der Waals surface area contributed by atoms with Crippen molar-refractivity contribution in [2.24, 2.45) is 0 Å². The molecule has 0 N–H and O–H groups in total. The molecule has 0 aromatic carbocycles. The maximum absolute atomic E-state index is 12.9. The molecule has 0 spiro atoms. The Morgan fingerprint density at radius 1 is 0.304 bits per heavy atom. The summed E-state index contributed by atoms with van der Waals surface area (Å²) in [7, 11) is 0. The topological polar surface area (TPSA) is 78.9 Å². The van der Waals surface area contributed by atoms with Crippen molar-refractivity contribution >= 4 is 17.9 Å². The van der Waals surface area contributed by atoms with Crippen LogP contribution in [0.15, 0.2) is 85.1 Å². The van der Waals surface area contributed by atoms with Crippen molar-refractivity contribution in [1.82, 2.24) is 0 Å². The van der Waals surface area contributed by atoms with E-state index in [0.717, 1.165) is 116 Å². The fourth-order valence-electron chi connectivity index (χ4n) is 7.97. The number of unbranched alkanes of at least 4 members (excludes halogenated alkanes) is 27. The van der Waals surface area contributed by atoms with E-state index in [0.29, 0.717) is 19.3 Å². The lowest BCUT2D eigenvalue weighted by Gasteiger charge is -2.18. The van der Waals surface area contributed by atoms with Crippen LogP contribution in [0, 0.1) is 0 Å². The Hall–Kier alpha value is -3.41. The van der Waals surface area contributed by atoms with E-state index in [2.05, 4.69) is 106 Å². The van der Waals surface area contributed by atoms with Crippen LogP contribution in [-0.4, -0.2) is 37.2 Å². The zero-order valence-electron chi connectivity index (χ0n) is 45.3. The lowest BCUT2D eigenvalue weighted by Crippen LogP contribution is -2.30. The molecule has 0 aliphatic rings. The van der Waals surface area contributed by atoms with Crippen molar-refractivity contribution in [3.63, 3.8) is 0 Å². The van der Waals surface area contributed by atoms with E-state index < -0.39 is 6.10 Å². The van der Waals surface area contributed by atoms with Crippen LogP contribution in [0.5, 0.6) is 0 Å². The number of ether oxygens (including phenoxy) is 3. The molecule has 0 aromatic rings. The molecule has 0 amide bonds. The molecule has 0 saturated heterocycles. The second-order valence-corrected chi connectivity index (χ2v) is 19.2. The second kappa shape index (κ2) is 57.2. The molecule has 0 heterocycles. The predicted molar refractivity (Wildman–Crippen MR) is 297 cm³/mol. The smallest absolute Gasteiger partial charge is 0.306 e. The Morgan fingerprint density at radius 2 is 0.580 bits per heavy atom. The molecule has 0 bridgehead atoms. The quantitative estimate of drug-likeness (QED) is 0.0262. The zero-order chi connectivity index (χ0) is 50.0. The Labute approximate surface area is 426 Å². The maximum atomic E-state index is 12.9. The minimum absolute atomic E-state index is 0.0901. The molecule has 0 aliphatic heterocycles. The highest BCUT2D eigenvalue weighted by Gasteiger charge is 2.19. The number of carbonyl (C=O) groups excluding carboxylic acids is 3. The molecule has 69 heavy (non-hydrogen) atoms. The number of hydrogen-bond acceptors (Lipinski definition) is 6. The van der Waals surface area contributed by atoms with Crippen LogP contribution in [-0.2, 0) is 28.6 Å². The molecule has 1 atom stereocenters. The van der Waals surface area contributed by atoms with Gasteiger partial charge in [-0.05, 0) is 109 Å². The van der Waals surface area contributed by atoms with Gasteiger partial charge in [-0.2, -0.15) is 0 Å². The van der Waals surface area contributed by atoms with Crippen molar-refractivity contribution in [1.29, 1.82) is 0 Å². The van der Waals surface area contributed by atoms with Crippen LogP contribution in [0.4, 0.5) is 0 Å². The van der Waals surface area contributed by atoms with E-state index in [1.54, 1.807) is 0 Å². The van der Waals surface area contributed by atoms with Gasteiger partial charge in [0.05, 0.1) is 0 Å². The fraction of sp³-hybridized carbons (Fsp3) is 0.730. The number of esters is 3. The van der Waals surface area contributed by atoms with Crippen molar-refractivity contribution in [2.45, 2.75) is 284 Å². The third kappa shape index (κ3) is 55.4. The van der Waals surface area contributed by atoms with E-state index in [4.69, 9.17) is 14.2 Å². The summed E-state index contributed by atoms with van der Waals surface area (Å²) in [5.74, 6) is -0.915. The first-order valence-electron chi connectivity index (χ1n) is 29.1. The summed E-state index contributed by atoms with van der Waals surface area (Å²) in [6.45, 7) is 6.47. The highest BCUT2D eigenvalue weighted by molar-refractivity contribution is 5.71. The Morgan fingerprint density at radius 3 is 0.942 bits per heavy atom. The Balaban J connectivity index is 4.42. The average molecular weight is 962 g/mol. The fourth-order valence-corrected chi connectivity index (χ4v) is 7.97. The van der Waals surface area contributed by atoms with Gasteiger partial charge < -0.3 is 14.2 Å². The van der Waals surface area contributed by atoms with Gasteiger partial charge in [-0.3, -0.25) is 14.4 Å². The van der Waals surface area contributed by atoms with Gasteiger partial charge in [0, 0.05) is 19.3 Å². The molecule has 0 aliphatic carbocycles. The first-order valence-corrected chi connectivity index (χ1v) is 29.1. The van der Waals surface area contributed by atoms with E-state index in [1.807, 2.05) is 0 Å². The molecule has 6 nitrogen and oxygen atoms in total. The van der Waals surface area contributed by atoms with Crippen molar-refractivity contribution in [2.75, 3.05) is 13.2 Å². The number of hydrogen-bond donors (Lipinski definition) is 0. The first-order chi connectivity index (χ1) is 34.0. The SMILES string of the molecule is CC/C=C\C/C=C\C/C=C\C/C=C\CCCCCCCCC(=O)OCC(COC(=O)CCCCCCC/C=C\C/C=C\CCCC)OC(=O)CCCCCCCCC/C=C\CCCCCCCCC. The van der Waals surface area contributed by atoms with Gasteiger partial charge in [0.15, 0.2) is 6.10 Å². The number of rotatable bonds is 52. The first kappa shape index (κ1) is 65.6. The lowest BCUT2D eigenvalue weighted by atomic mass is 10.1. The number of allylic oxidation sites excluding steroid dienone is 14. The Bertz CT molecular complexity index is 1330. The van der Waals surface area contributed by atoms with Crippen LogP contribution < -0.4 is 0 Å². The molecule has 396 valence electrons. The van der Waals surface area contributed by atoms with E-state index >= 15 is 0 Å². The van der Waals surface area contributed by atoms with Gasteiger partial charge in [-0.1, -0.05) is 234 Å². The molecule has 0 fully saturated rings. The summed E-state index contributed by atoms with van der Waals surface area (Å²) in [6.07, 6.45) is 74.2. The summed E-state index contributed by atoms with van der Waals surface area (Å²) >= 11 is 0. The maximum Gasteiger partial charge on any atom is 0.306 e. The largest absolute Gasteiger partial charge is 0.462 e. The van der Waals surface area contributed by atoms with Gasteiger partial charge in [-0.25, -0.2) is 0 Å². The predicted octanol–water partition coefficient (Wildman–Crippen LogP) is 19.5. The molecular formula is C63H108O6. The third-order valence-electron chi connectivity index (χ3n) is 12.4. The minimum atomic E-state index is -0.792. The summed E-state index contributed by atoms with van der Waals surface area (Å²) in [4.78, 5) is 38.2. The van der Waals surface area contributed by atoms with Crippen LogP contribution in [0.3, 0.4) is 0 Å². The van der Waals surface area contributed by atoms with Crippen LogP contribution in [0.2, 0.25) is 0 Å². The van der Waals surface area contributed by atoms with Crippen LogP contribution in [0.1, 0.15) is 278 Å². The zero-order valence-corrected chi connectivity index (χ0v) is 45.3. The van der Waals surface area contributed by atoms with Crippen LogP contribution >= 0.6 is 0 Å². The van der Waals surface area contributed by atoms with Crippen molar-refractivity contribution < 1.29 is 28.6 Å². The summed E-state index contributed by atoms with van der Waals surface area (Å²) in [6, 6.07) is 0. The summed E-state index contributed by atoms with van der Waals surface area (Å²) in [5, 5.41) is 0. The molecule has 0 saturated carbocycles. The summed E-state index contributed by atoms with van der Waals surface area (Å²) < 4.78 is 16.9. The lowest BCUT2D eigenvalue weighted by molar-refractivity contribution is -0.167. The summed E-state index contributed by atoms with van der Waals surface area (Å²) in [5.41, 5.74) is 0. The molecular weight excluding hydrogens is 853 g/mol. The minimum Gasteiger partial charge on any atom is -0.462 e. The standard InChI is InChI=1S/C63H108O6/c1-4-7-10-13-16-19-22-25-28-30-32-34-35-38-41-44-47-50-53-56-62(65)68-59-60(58-67-61(64)55-52-49-46-43-40-37-27-24-21-18-15-12-9-6-3)69-63(66)57-54-51-48-45-42-39-36-33-31-29-26-23-20-17-14-11-8-5-2/h7,10,15-16,18-19,24-25,27-29,31-32,34,60H,4-6,8-9,11-14,17,20-23,26,30,33,35-59H2,1-3H3/b10-7-,18-15-,19-16-,27-24-,28-25-,31-29-,34-32-. The van der Waals surface area contributed by atoms with Gasteiger partial charge in [0.2, 0.25) is 0 Å². The average Bonchev–Trinajstić information content (AvgIpc) is 3.35. The normalized spacial score (nSPS) is 12.7. The third-order valence-corrected chi connectivity index (χ3v) is 12.4. The highest BCUT2D eigenvalue weighted by atomic mass is 16.6. The van der Waals surface area contributed by atoms with Gasteiger partial charge >= 0.3 is 17.9 Å².